The van der Waals surface area contributed by atoms with Crippen LogP contribution < -0.4 is 4.74 Å². The van der Waals surface area contributed by atoms with Crippen LogP contribution in [0, 0.1) is 0 Å². The number of aromatic nitrogens is 4. The molecule has 7 nitrogen and oxygen atoms in total. The topological polar surface area (TPSA) is 82.2 Å². The minimum atomic E-state index is -0.541. The number of nitrogens with one attached hydrogen (secondary N) is 1. The molecule has 18 heavy (non-hydrogen) atoms. The molecule has 1 saturated heterocycles. The van der Waals surface area contributed by atoms with Crippen molar-refractivity contribution in [3.8, 4) is 6.01 Å². The average molecular weight is 250 g/mol. The van der Waals surface area contributed by atoms with Crippen molar-refractivity contribution in [1.82, 2.24) is 19.9 Å². The lowest BCUT2D eigenvalue weighted by Gasteiger charge is -2.16. The zero-order valence-corrected chi connectivity index (χ0v) is 10.2. The average Bonchev–Trinajstić information content (AvgIpc) is 2.92. The second-order valence-electron chi connectivity index (χ2n) is 4.55. The third kappa shape index (κ3) is 2.27. The van der Waals surface area contributed by atoms with Crippen molar-refractivity contribution in [3.63, 3.8) is 0 Å². The lowest BCUT2D eigenvalue weighted by atomic mass is 10.4. The van der Waals surface area contributed by atoms with Gasteiger partial charge in [-0.25, -0.2) is 9.97 Å². The highest BCUT2D eigenvalue weighted by Crippen LogP contribution is 2.22. The Labute approximate surface area is 104 Å². The summed E-state index contributed by atoms with van der Waals surface area (Å²) in [5.41, 5.74) is 1.37. The molecule has 1 fully saturated rings. The van der Waals surface area contributed by atoms with E-state index in [2.05, 4.69) is 19.9 Å². The number of aromatic amines is 1. The van der Waals surface area contributed by atoms with Crippen LogP contribution in [-0.2, 0) is 9.47 Å². The molecule has 1 aliphatic rings. The summed E-state index contributed by atoms with van der Waals surface area (Å²) in [7, 11) is 0. The molecule has 0 bridgehead atoms. The fourth-order valence-electron chi connectivity index (χ4n) is 1.80. The van der Waals surface area contributed by atoms with Crippen LogP contribution in [0.25, 0.3) is 11.2 Å². The summed E-state index contributed by atoms with van der Waals surface area (Å²) < 4.78 is 16.5. The molecule has 1 atom stereocenters. The third-order valence-electron chi connectivity index (χ3n) is 2.62. The Morgan fingerprint density at radius 3 is 3.17 bits per heavy atom. The van der Waals surface area contributed by atoms with E-state index < -0.39 is 5.79 Å². The fourth-order valence-corrected chi connectivity index (χ4v) is 1.80. The second kappa shape index (κ2) is 4.18. The summed E-state index contributed by atoms with van der Waals surface area (Å²) in [6.07, 6.45) is 3.11. The summed E-state index contributed by atoms with van der Waals surface area (Å²) in [5.74, 6) is -0.541. The van der Waals surface area contributed by atoms with Gasteiger partial charge in [-0.2, -0.15) is 4.98 Å². The van der Waals surface area contributed by atoms with E-state index in [-0.39, 0.29) is 6.10 Å². The Morgan fingerprint density at radius 2 is 2.39 bits per heavy atom. The van der Waals surface area contributed by atoms with Crippen LogP contribution in [0.15, 0.2) is 12.5 Å². The van der Waals surface area contributed by atoms with E-state index in [0.29, 0.717) is 24.9 Å². The van der Waals surface area contributed by atoms with Crippen LogP contribution in [-0.4, -0.2) is 45.0 Å². The van der Waals surface area contributed by atoms with Gasteiger partial charge < -0.3 is 19.2 Å². The first-order chi connectivity index (χ1) is 8.62. The minimum absolute atomic E-state index is 0.0986. The number of rotatable bonds is 3. The monoisotopic (exact) mass is 250 g/mol. The molecule has 3 heterocycles. The second-order valence-corrected chi connectivity index (χ2v) is 4.55. The molecule has 0 radical (unpaired) electrons. The molecule has 7 heteroatoms. The molecule has 0 amide bonds. The van der Waals surface area contributed by atoms with Crippen molar-refractivity contribution in [2.24, 2.45) is 0 Å². The molecular formula is C11H14N4O3. The van der Waals surface area contributed by atoms with Crippen LogP contribution in [0.2, 0.25) is 0 Å². The van der Waals surface area contributed by atoms with Crippen molar-refractivity contribution < 1.29 is 14.2 Å². The maximum Gasteiger partial charge on any atom is 0.318 e. The smallest absolute Gasteiger partial charge is 0.318 e. The van der Waals surface area contributed by atoms with Crippen LogP contribution in [0.4, 0.5) is 0 Å². The maximum absolute atomic E-state index is 5.62. The Morgan fingerprint density at radius 1 is 1.50 bits per heavy atom. The van der Waals surface area contributed by atoms with Crippen molar-refractivity contribution >= 4 is 11.2 Å². The Hall–Kier alpha value is -1.73. The van der Waals surface area contributed by atoms with Gasteiger partial charge in [0.15, 0.2) is 11.4 Å². The van der Waals surface area contributed by atoms with Crippen LogP contribution in [0.3, 0.4) is 0 Å². The third-order valence-corrected chi connectivity index (χ3v) is 2.62. The molecule has 0 aromatic carbocycles. The van der Waals surface area contributed by atoms with E-state index in [9.17, 15) is 0 Å². The Bertz CT molecular complexity index is 554. The number of fused-ring (bicyclic) bond motifs is 1. The van der Waals surface area contributed by atoms with E-state index in [4.69, 9.17) is 14.2 Å². The molecule has 1 aliphatic heterocycles. The first kappa shape index (κ1) is 11.4. The number of H-pyrrole nitrogens is 1. The van der Waals surface area contributed by atoms with Gasteiger partial charge in [0.25, 0.3) is 0 Å². The van der Waals surface area contributed by atoms with Gasteiger partial charge >= 0.3 is 6.01 Å². The predicted octanol–water partition coefficient (Wildman–Crippen LogP) is 0.883. The molecule has 0 spiro atoms. The van der Waals surface area contributed by atoms with Gasteiger partial charge in [-0.1, -0.05) is 0 Å². The fraction of sp³-hybridized carbons (Fsp3) is 0.545. The minimum Gasteiger partial charge on any atom is -0.461 e. The van der Waals surface area contributed by atoms with Gasteiger partial charge in [0, 0.05) is 0 Å². The molecule has 1 unspecified atom stereocenters. The van der Waals surface area contributed by atoms with Crippen molar-refractivity contribution in [1.29, 1.82) is 0 Å². The van der Waals surface area contributed by atoms with Gasteiger partial charge in [-0.3, -0.25) is 0 Å². The summed E-state index contributed by atoms with van der Waals surface area (Å²) in [5, 5.41) is 0. The molecule has 0 saturated carbocycles. The number of hydrogen-bond acceptors (Lipinski definition) is 6. The van der Waals surface area contributed by atoms with Gasteiger partial charge in [-0.15, -0.1) is 0 Å². The zero-order chi connectivity index (χ0) is 12.6. The molecule has 3 rings (SSSR count). The highest BCUT2D eigenvalue weighted by Gasteiger charge is 2.33. The van der Waals surface area contributed by atoms with Gasteiger partial charge in [0.05, 0.1) is 19.1 Å². The Balaban J connectivity index is 1.63. The summed E-state index contributed by atoms with van der Waals surface area (Å²) in [6.45, 7) is 4.62. The van der Waals surface area contributed by atoms with Crippen molar-refractivity contribution in [2.45, 2.75) is 25.7 Å². The molecule has 96 valence electrons. The largest absolute Gasteiger partial charge is 0.461 e. The number of ether oxygens (including phenoxy) is 3. The van der Waals surface area contributed by atoms with Crippen LogP contribution >= 0.6 is 0 Å². The quantitative estimate of drug-likeness (QED) is 0.870. The normalized spacial score (nSPS) is 22.4. The SMILES string of the molecule is CC1(C)OCC(COc2ncc3[nH]cnc3n2)O1. The van der Waals surface area contributed by atoms with Crippen LogP contribution in [0.5, 0.6) is 6.01 Å². The maximum atomic E-state index is 5.62. The number of hydrogen-bond donors (Lipinski definition) is 1. The molecule has 1 N–H and O–H groups in total. The first-order valence-electron chi connectivity index (χ1n) is 5.73. The van der Waals surface area contributed by atoms with E-state index in [1.54, 1.807) is 12.5 Å². The highest BCUT2D eigenvalue weighted by atomic mass is 16.7. The molecule has 2 aromatic heterocycles. The summed E-state index contributed by atoms with van der Waals surface area (Å²) in [4.78, 5) is 15.2. The standard InChI is InChI=1S/C11H14N4O3/c1-11(2)17-5-7(18-11)4-16-10-12-3-8-9(15-10)14-6-13-8/h3,6-7H,4-5H2,1-2H3,(H,12,13,14,15). The van der Waals surface area contributed by atoms with E-state index >= 15 is 0 Å². The summed E-state index contributed by atoms with van der Waals surface area (Å²) in [6, 6.07) is 0.294. The number of nitrogens with zero attached hydrogens (tertiary/aromatic N) is 3. The lowest BCUT2D eigenvalue weighted by Crippen LogP contribution is -2.25. The number of imidazole rings is 1. The van der Waals surface area contributed by atoms with E-state index in [0.717, 1.165) is 5.52 Å². The van der Waals surface area contributed by atoms with Gasteiger partial charge in [0.2, 0.25) is 0 Å². The van der Waals surface area contributed by atoms with Crippen molar-refractivity contribution in [2.75, 3.05) is 13.2 Å². The van der Waals surface area contributed by atoms with E-state index in [1.165, 1.54) is 0 Å². The first-order valence-corrected chi connectivity index (χ1v) is 5.73. The van der Waals surface area contributed by atoms with Crippen LogP contribution in [0.1, 0.15) is 13.8 Å². The van der Waals surface area contributed by atoms with Crippen molar-refractivity contribution in [3.05, 3.63) is 12.5 Å². The molecule has 2 aromatic rings. The molecule has 0 aliphatic carbocycles. The lowest BCUT2D eigenvalue weighted by molar-refractivity contribution is -0.141. The summed E-state index contributed by atoms with van der Waals surface area (Å²) >= 11 is 0. The predicted molar refractivity (Wildman–Crippen MR) is 62.1 cm³/mol. The Kier molecular flexibility index (Phi) is 2.64. The zero-order valence-electron chi connectivity index (χ0n) is 10.2. The molecular weight excluding hydrogens is 236 g/mol. The van der Waals surface area contributed by atoms with E-state index in [1.807, 2.05) is 13.8 Å². The van der Waals surface area contributed by atoms with Gasteiger partial charge in [-0.05, 0) is 13.8 Å². The highest BCUT2D eigenvalue weighted by molar-refractivity contribution is 5.68. The van der Waals surface area contributed by atoms with Gasteiger partial charge in [0.1, 0.15) is 18.2 Å².